The topological polar surface area (TPSA) is 94.1 Å². The van der Waals surface area contributed by atoms with E-state index in [0.29, 0.717) is 17.5 Å². The van der Waals surface area contributed by atoms with Crippen molar-refractivity contribution in [2.45, 2.75) is 11.8 Å². The first-order chi connectivity index (χ1) is 8.86. The van der Waals surface area contributed by atoms with E-state index in [1.54, 1.807) is 23.5 Å². The number of nitrogen functional groups attached to an aromatic ring is 1. The Morgan fingerprint density at radius 1 is 1.53 bits per heavy atom. The van der Waals surface area contributed by atoms with Gasteiger partial charge in [0.25, 0.3) is 0 Å². The van der Waals surface area contributed by atoms with Gasteiger partial charge >= 0.3 is 0 Å². The van der Waals surface area contributed by atoms with Gasteiger partial charge in [0.1, 0.15) is 0 Å². The Morgan fingerprint density at radius 2 is 2.21 bits per heavy atom. The predicted molar refractivity (Wildman–Crippen MR) is 75.7 cm³/mol. The van der Waals surface area contributed by atoms with Crippen LogP contribution in [-0.2, 0) is 9.84 Å². The molecule has 0 aromatic carbocycles. The van der Waals surface area contributed by atoms with E-state index in [9.17, 15) is 8.42 Å². The summed E-state index contributed by atoms with van der Waals surface area (Å²) in [5.74, 6) is 0.436. The summed E-state index contributed by atoms with van der Waals surface area (Å²) in [5.41, 5.74) is 5.94. The lowest BCUT2D eigenvalue weighted by molar-refractivity contribution is 0.602. The second-order valence-corrected chi connectivity index (χ2v) is 6.88. The zero-order chi connectivity index (χ0) is 14.2. The number of sulfone groups is 1. The van der Waals surface area contributed by atoms with Gasteiger partial charge in [-0.3, -0.25) is 0 Å². The number of nitrogens with zero attached hydrogens (tertiary/aromatic N) is 4. The highest BCUT2D eigenvalue weighted by atomic mass is 32.2. The smallest absolute Gasteiger partial charge is 0.212 e. The van der Waals surface area contributed by atoms with Crippen molar-refractivity contribution in [3.63, 3.8) is 0 Å². The summed E-state index contributed by atoms with van der Waals surface area (Å²) in [4.78, 5) is 5.88. The minimum absolute atomic E-state index is 0.0482. The van der Waals surface area contributed by atoms with Gasteiger partial charge in [0, 0.05) is 31.4 Å². The highest BCUT2D eigenvalue weighted by molar-refractivity contribution is 7.91. The van der Waals surface area contributed by atoms with Gasteiger partial charge in [-0.25, -0.2) is 13.4 Å². The molecule has 0 saturated carbocycles. The van der Waals surface area contributed by atoms with Crippen LogP contribution in [0.1, 0.15) is 6.92 Å². The molecule has 9 heteroatoms. The quantitative estimate of drug-likeness (QED) is 0.896. The van der Waals surface area contributed by atoms with Gasteiger partial charge in [-0.1, -0.05) is 0 Å². The molecule has 0 spiro atoms. The maximum atomic E-state index is 11.9. The van der Waals surface area contributed by atoms with Crippen LogP contribution in [0.4, 0.5) is 11.6 Å². The fourth-order valence-corrected chi connectivity index (χ4v) is 3.23. The van der Waals surface area contributed by atoms with E-state index in [1.807, 2.05) is 6.92 Å². The average molecular weight is 301 g/mol. The fourth-order valence-electron chi connectivity index (χ4n) is 1.63. The Labute approximate surface area is 115 Å². The van der Waals surface area contributed by atoms with Crippen LogP contribution in [0.5, 0.6) is 0 Å². The molecule has 7 nitrogen and oxygen atoms in total. The second kappa shape index (κ2) is 4.82. The first-order valence-corrected chi connectivity index (χ1v) is 8.33. The highest BCUT2D eigenvalue weighted by Crippen LogP contribution is 2.31. The van der Waals surface area contributed by atoms with Crippen molar-refractivity contribution in [2.75, 3.05) is 30.5 Å². The molecule has 0 aliphatic rings. The molecule has 2 N–H and O–H groups in total. The number of anilines is 2. The Balaban J connectivity index is 2.71. The summed E-state index contributed by atoms with van der Waals surface area (Å²) in [6.07, 6.45) is 2.74. The lowest BCUT2D eigenvalue weighted by Crippen LogP contribution is -2.19. The number of hydrogen-bond acceptors (Lipinski definition) is 7. The Hall–Kier alpha value is -1.61. The van der Waals surface area contributed by atoms with Gasteiger partial charge in [-0.05, 0) is 6.92 Å². The van der Waals surface area contributed by atoms with Crippen molar-refractivity contribution < 1.29 is 8.42 Å². The molecular formula is C10H15N5O2S2. The van der Waals surface area contributed by atoms with E-state index in [-0.39, 0.29) is 10.7 Å². The fraction of sp³-hybridized carbons (Fsp3) is 0.400. The van der Waals surface area contributed by atoms with Crippen LogP contribution >= 0.6 is 11.3 Å². The Kier molecular flexibility index (Phi) is 3.50. The summed E-state index contributed by atoms with van der Waals surface area (Å²) in [7, 11) is -1.70. The van der Waals surface area contributed by atoms with Crippen molar-refractivity contribution in [2.24, 2.45) is 0 Å². The molecule has 19 heavy (non-hydrogen) atoms. The van der Waals surface area contributed by atoms with Crippen molar-refractivity contribution in [1.29, 1.82) is 0 Å². The summed E-state index contributed by atoms with van der Waals surface area (Å²) in [5, 5.41) is 6.59. The molecule has 2 heterocycles. The van der Waals surface area contributed by atoms with Crippen LogP contribution in [0, 0.1) is 0 Å². The zero-order valence-electron chi connectivity index (χ0n) is 10.9. The molecule has 104 valence electrons. The molecule has 0 fully saturated rings. The minimum atomic E-state index is -3.46. The maximum absolute atomic E-state index is 11.9. The minimum Gasteiger partial charge on any atom is -0.382 e. The predicted octanol–water partition coefficient (Wildman–Crippen LogP) is 0.771. The van der Waals surface area contributed by atoms with Gasteiger partial charge < -0.3 is 10.6 Å². The molecular weight excluding hydrogens is 286 g/mol. The standard InChI is InChI=1S/C10H15N5O2S2/c1-4-14(2)9-7(19(3,16)17)8(11)15(13-9)10-12-5-6-18-10/h5-6H,4,11H2,1-3H3. The summed E-state index contributed by atoms with van der Waals surface area (Å²) < 4.78 is 25.2. The first kappa shape index (κ1) is 13.8. The Morgan fingerprint density at radius 3 is 2.68 bits per heavy atom. The van der Waals surface area contributed by atoms with Gasteiger partial charge in [0.2, 0.25) is 5.13 Å². The Bertz CT molecular complexity index is 675. The third-order valence-corrected chi connectivity index (χ3v) is 4.55. The normalized spacial score (nSPS) is 11.7. The van der Waals surface area contributed by atoms with E-state index >= 15 is 0 Å². The molecule has 0 bridgehead atoms. The van der Waals surface area contributed by atoms with Crippen LogP contribution in [0.3, 0.4) is 0 Å². The van der Waals surface area contributed by atoms with Crippen LogP contribution in [0.2, 0.25) is 0 Å². The number of hydrogen-bond donors (Lipinski definition) is 1. The summed E-state index contributed by atoms with van der Waals surface area (Å²) in [6, 6.07) is 0. The largest absolute Gasteiger partial charge is 0.382 e. The van der Waals surface area contributed by atoms with Gasteiger partial charge in [0.05, 0.1) is 0 Å². The van der Waals surface area contributed by atoms with Crippen LogP contribution < -0.4 is 10.6 Å². The molecule has 0 amide bonds. The third kappa shape index (κ3) is 2.43. The number of aromatic nitrogens is 3. The molecule has 2 aromatic heterocycles. The monoisotopic (exact) mass is 301 g/mol. The molecule has 0 saturated heterocycles. The van der Waals surface area contributed by atoms with Crippen LogP contribution in [-0.4, -0.2) is 43.0 Å². The SMILES string of the molecule is CCN(C)c1nn(-c2nccs2)c(N)c1S(C)(=O)=O. The zero-order valence-corrected chi connectivity index (χ0v) is 12.5. The van der Waals surface area contributed by atoms with Gasteiger partial charge in [-0.2, -0.15) is 4.68 Å². The molecule has 0 aliphatic heterocycles. The first-order valence-electron chi connectivity index (χ1n) is 5.55. The molecule has 0 atom stereocenters. The number of thiazole rings is 1. The van der Waals surface area contributed by atoms with E-state index in [1.165, 1.54) is 16.0 Å². The van der Waals surface area contributed by atoms with Crippen molar-refractivity contribution >= 4 is 32.8 Å². The van der Waals surface area contributed by atoms with E-state index in [4.69, 9.17) is 5.73 Å². The average Bonchev–Trinajstić information content (AvgIpc) is 2.93. The lowest BCUT2D eigenvalue weighted by atomic mass is 10.5. The maximum Gasteiger partial charge on any atom is 0.212 e. The number of nitrogens with two attached hydrogens (primary N) is 1. The molecule has 2 rings (SSSR count). The van der Waals surface area contributed by atoms with Crippen molar-refractivity contribution in [3.8, 4) is 5.13 Å². The van der Waals surface area contributed by atoms with E-state index < -0.39 is 9.84 Å². The van der Waals surface area contributed by atoms with Crippen molar-refractivity contribution in [1.82, 2.24) is 14.8 Å². The third-order valence-electron chi connectivity index (χ3n) is 2.67. The van der Waals surface area contributed by atoms with Crippen LogP contribution in [0.25, 0.3) is 5.13 Å². The van der Waals surface area contributed by atoms with Crippen LogP contribution in [0.15, 0.2) is 16.5 Å². The van der Waals surface area contributed by atoms with Gasteiger partial charge in [0.15, 0.2) is 26.4 Å². The second-order valence-electron chi connectivity index (χ2n) is 4.05. The highest BCUT2D eigenvalue weighted by Gasteiger charge is 2.27. The van der Waals surface area contributed by atoms with Crippen molar-refractivity contribution in [3.05, 3.63) is 11.6 Å². The molecule has 0 unspecified atom stereocenters. The van der Waals surface area contributed by atoms with Gasteiger partial charge in [-0.15, -0.1) is 16.4 Å². The summed E-state index contributed by atoms with van der Waals surface area (Å²) >= 11 is 1.34. The van der Waals surface area contributed by atoms with E-state index in [0.717, 1.165) is 6.26 Å². The lowest BCUT2D eigenvalue weighted by Gasteiger charge is -2.14. The van der Waals surface area contributed by atoms with E-state index in [2.05, 4.69) is 10.1 Å². The molecule has 0 radical (unpaired) electrons. The number of rotatable bonds is 4. The molecule has 2 aromatic rings. The summed E-state index contributed by atoms with van der Waals surface area (Å²) in [6.45, 7) is 2.53. The molecule has 0 aliphatic carbocycles.